The molecule has 0 radical (unpaired) electrons. The molecule has 1 amide bonds. The topological polar surface area (TPSA) is 66.8 Å². The smallest absolute Gasteiger partial charge is 0.295 e. The Morgan fingerprint density at radius 3 is 2.50 bits per heavy atom. The van der Waals surface area contributed by atoms with Crippen LogP contribution in [0.25, 0.3) is 5.76 Å². The fraction of sp³-hybridized carbons (Fsp3) is 0.259. The zero-order chi connectivity index (χ0) is 24.4. The Hall–Kier alpha value is -3.45. The number of benzene rings is 2. The minimum absolute atomic E-state index is 0.00738. The van der Waals surface area contributed by atoms with Crippen LogP contribution in [0.3, 0.4) is 0 Å². The van der Waals surface area contributed by atoms with E-state index in [1.54, 1.807) is 18.2 Å². The molecule has 1 aromatic heterocycles. The first kappa shape index (κ1) is 23.7. The average molecular weight is 480 g/mol. The first-order valence-electron chi connectivity index (χ1n) is 11.1. The van der Waals surface area contributed by atoms with E-state index < -0.39 is 23.5 Å². The molecule has 0 bridgehead atoms. The molecule has 2 aromatic carbocycles. The molecule has 1 unspecified atom stereocenters. The van der Waals surface area contributed by atoms with E-state index in [2.05, 4.69) is 0 Å². The Kier molecular flexibility index (Phi) is 6.84. The van der Waals surface area contributed by atoms with Crippen LogP contribution in [-0.2, 0) is 16.1 Å². The van der Waals surface area contributed by atoms with Gasteiger partial charge in [-0.25, -0.2) is 4.39 Å². The number of Topliss-reactive ketones (excluding diaryl/α,β-unsaturated/α-hetero) is 1. The second-order valence-electron chi connectivity index (χ2n) is 8.40. The summed E-state index contributed by atoms with van der Waals surface area (Å²) in [5.74, 6) is -1.31. The number of amides is 1. The zero-order valence-corrected chi connectivity index (χ0v) is 20.1. The third-order valence-electron chi connectivity index (χ3n) is 5.84. The van der Waals surface area contributed by atoms with Gasteiger partial charge >= 0.3 is 0 Å². The van der Waals surface area contributed by atoms with Crippen molar-refractivity contribution in [3.05, 3.63) is 92.9 Å². The summed E-state index contributed by atoms with van der Waals surface area (Å²) < 4.78 is 19.4. The molecule has 0 saturated carbocycles. The number of likely N-dealkylation sites (tertiary alicyclic amines) is 1. The van der Waals surface area contributed by atoms with Gasteiger partial charge in [0.25, 0.3) is 11.7 Å². The fourth-order valence-corrected chi connectivity index (χ4v) is 4.90. The van der Waals surface area contributed by atoms with Crippen LogP contribution in [0.15, 0.2) is 65.6 Å². The van der Waals surface area contributed by atoms with Crippen molar-refractivity contribution < 1.29 is 23.8 Å². The van der Waals surface area contributed by atoms with Gasteiger partial charge in [0, 0.05) is 10.4 Å². The Morgan fingerprint density at radius 1 is 1.15 bits per heavy atom. The highest BCUT2D eigenvalue weighted by atomic mass is 32.1. The van der Waals surface area contributed by atoms with Crippen LogP contribution in [0.5, 0.6) is 5.75 Å². The molecule has 1 aliphatic rings. The van der Waals surface area contributed by atoms with E-state index in [-0.39, 0.29) is 23.8 Å². The number of rotatable bonds is 7. The number of aliphatic hydroxyl groups is 1. The number of carbonyl (C=O) groups excluding carboxylic acids is 2. The van der Waals surface area contributed by atoms with Gasteiger partial charge in [-0.2, -0.15) is 0 Å². The highest BCUT2D eigenvalue weighted by Crippen LogP contribution is 2.41. The maximum atomic E-state index is 13.7. The van der Waals surface area contributed by atoms with Gasteiger partial charge in [-0.1, -0.05) is 32.0 Å². The number of hydrogen-bond acceptors (Lipinski definition) is 5. The molecule has 1 saturated heterocycles. The minimum atomic E-state index is -0.836. The predicted octanol–water partition coefficient (Wildman–Crippen LogP) is 6.03. The van der Waals surface area contributed by atoms with Crippen molar-refractivity contribution in [3.63, 3.8) is 0 Å². The van der Waals surface area contributed by atoms with Crippen LogP contribution in [0.4, 0.5) is 4.39 Å². The number of ether oxygens (including phenoxy) is 1. The maximum Gasteiger partial charge on any atom is 0.295 e. The molecule has 0 aliphatic carbocycles. The molecule has 1 fully saturated rings. The van der Waals surface area contributed by atoms with Crippen molar-refractivity contribution in [2.24, 2.45) is 0 Å². The van der Waals surface area contributed by atoms with E-state index in [0.717, 1.165) is 10.4 Å². The van der Waals surface area contributed by atoms with Gasteiger partial charge in [-0.3, -0.25) is 9.59 Å². The maximum absolute atomic E-state index is 13.7. The van der Waals surface area contributed by atoms with Gasteiger partial charge in [0.15, 0.2) is 0 Å². The molecule has 5 nitrogen and oxygen atoms in total. The van der Waals surface area contributed by atoms with Crippen LogP contribution >= 0.6 is 11.3 Å². The van der Waals surface area contributed by atoms with Crippen molar-refractivity contribution in [1.82, 2.24) is 4.90 Å². The summed E-state index contributed by atoms with van der Waals surface area (Å²) in [5.41, 5.74) is 1.85. The highest BCUT2D eigenvalue weighted by molar-refractivity contribution is 7.09. The van der Waals surface area contributed by atoms with Crippen molar-refractivity contribution in [2.75, 3.05) is 6.61 Å². The number of thiophene rings is 1. The Bertz CT molecular complexity index is 1230. The van der Waals surface area contributed by atoms with Crippen molar-refractivity contribution >= 4 is 28.8 Å². The van der Waals surface area contributed by atoms with Crippen LogP contribution in [0, 0.1) is 5.82 Å². The largest absolute Gasteiger partial charge is 0.507 e. The van der Waals surface area contributed by atoms with Gasteiger partial charge in [0.2, 0.25) is 0 Å². The van der Waals surface area contributed by atoms with Gasteiger partial charge in [-0.05, 0) is 65.7 Å². The molecule has 1 aliphatic heterocycles. The van der Waals surface area contributed by atoms with Crippen LogP contribution in [-0.4, -0.2) is 28.3 Å². The van der Waals surface area contributed by atoms with E-state index in [1.165, 1.54) is 40.5 Å². The second-order valence-corrected chi connectivity index (χ2v) is 9.43. The summed E-state index contributed by atoms with van der Waals surface area (Å²) in [6, 6.07) is 13.8. The molecule has 4 rings (SSSR count). The van der Waals surface area contributed by atoms with E-state index in [1.807, 2.05) is 38.3 Å². The molecular formula is C27H26FNO4S. The molecule has 7 heteroatoms. The highest BCUT2D eigenvalue weighted by Gasteiger charge is 2.46. The molecular weight excluding hydrogens is 453 g/mol. The average Bonchev–Trinajstić information content (AvgIpc) is 3.42. The lowest BCUT2D eigenvalue weighted by molar-refractivity contribution is -0.140. The second kappa shape index (κ2) is 9.81. The molecule has 1 N–H and O–H groups in total. The third kappa shape index (κ3) is 4.48. The van der Waals surface area contributed by atoms with Crippen LogP contribution in [0.1, 0.15) is 54.3 Å². The lowest BCUT2D eigenvalue weighted by Crippen LogP contribution is -2.28. The SMILES string of the molecule is CCOc1ccc(/C(O)=C2/C(=O)C(=O)N(Cc3cccs3)C2c2ccc(F)cc2)cc1C(C)C. The quantitative estimate of drug-likeness (QED) is 0.255. The number of nitrogens with zero attached hydrogens (tertiary/aromatic N) is 1. The first-order valence-corrected chi connectivity index (χ1v) is 12.0. The van der Waals surface area contributed by atoms with Crippen molar-refractivity contribution in [2.45, 2.75) is 39.3 Å². The van der Waals surface area contributed by atoms with Gasteiger partial charge in [0.1, 0.15) is 17.3 Å². The molecule has 3 aromatic rings. The zero-order valence-electron chi connectivity index (χ0n) is 19.2. The van der Waals surface area contributed by atoms with Crippen LogP contribution in [0.2, 0.25) is 0 Å². The van der Waals surface area contributed by atoms with Crippen LogP contribution < -0.4 is 4.74 Å². The summed E-state index contributed by atoms with van der Waals surface area (Å²) in [6.45, 7) is 6.64. The van der Waals surface area contributed by atoms with Crippen molar-refractivity contribution in [3.8, 4) is 5.75 Å². The van der Waals surface area contributed by atoms with E-state index >= 15 is 0 Å². The standard InChI is InChI=1S/C27H26FNO4S/c1-4-33-22-12-9-18(14-21(22)16(2)3)25(30)23-24(17-7-10-19(28)11-8-17)29(27(32)26(23)31)15-20-6-5-13-34-20/h5-14,16,24,30H,4,15H2,1-3H3/b25-23-. The Labute approximate surface area is 202 Å². The monoisotopic (exact) mass is 479 g/mol. The molecule has 0 spiro atoms. The fourth-order valence-electron chi connectivity index (χ4n) is 4.19. The Morgan fingerprint density at radius 2 is 1.88 bits per heavy atom. The van der Waals surface area contributed by atoms with E-state index in [0.29, 0.717) is 23.5 Å². The number of hydrogen-bond donors (Lipinski definition) is 1. The third-order valence-corrected chi connectivity index (χ3v) is 6.70. The molecule has 176 valence electrons. The normalized spacial score (nSPS) is 17.6. The van der Waals surface area contributed by atoms with Gasteiger partial charge in [0.05, 0.1) is 24.8 Å². The number of carbonyl (C=O) groups is 2. The lowest BCUT2D eigenvalue weighted by atomic mass is 9.93. The summed E-state index contributed by atoms with van der Waals surface area (Å²) in [4.78, 5) is 28.6. The summed E-state index contributed by atoms with van der Waals surface area (Å²) in [6.07, 6.45) is 0. The Balaban J connectivity index is 1.86. The predicted molar refractivity (Wildman–Crippen MR) is 130 cm³/mol. The summed E-state index contributed by atoms with van der Waals surface area (Å²) in [7, 11) is 0. The summed E-state index contributed by atoms with van der Waals surface area (Å²) in [5, 5.41) is 13.2. The van der Waals surface area contributed by atoms with Crippen molar-refractivity contribution in [1.29, 1.82) is 0 Å². The first-order chi connectivity index (χ1) is 16.3. The van der Waals surface area contributed by atoms with Gasteiger partial charge < -0.3 is 14.7 Å². The van der Waals surface area contributed by atoms with E-state index in [9.17, 15) is 19.1 Å². The molecule has 2 heterocycles. The number of halogens is 1. The molecule has 34 heavy (non-hydrogen) atoms. The lowest BCUT2D eigenvalue weighted by Gasteiger charge is -2.25. The summed E-state index contributed by atoms with van der Waals surface area (Å²) >= 11 is 1.47. The van der Waals surface area contributed by atoms with Gasteiger partial charge in [-0.15, -0.1) is 11.3 Å². The number of aliphatic hydroxyl groups excluding tert-OH is 1. The number of ketones is 1. The minimum Gasteiger partial charge on any atom is -0.507 e. The molecule has 1 atom stereocenters. The van der Waals surface area contributed by atoms with E-state index in [4.69, 9.17) is 4.74 Å².